The van der Waals surface area contributed by atoms with Gasteiger partial charge in [-0.1, -0.05) is 37.5 Å². The number of benzene rings is 1. The second-order valence-electron chi connectivity index (χ2n) is 7.87. The van der Waals surface area contributed by atoms with Crippen molar-refractivity contribution in [2.75, 3.05) is 25.6 Å². The molecule has 2 amide bonds. The van der Waals surface area contributed by atoms with Gasteiger partial charge in [-0.2, -0.15) is 0 Å². The van der Waals surface area contributed by atoms with Gasteiger partial charge in [0.2, 0.25) is 5.91 Å². The molecule has 0 saturated heterocycles. The van der Waals surface area contributed by atoms with Crippen LogP contribution in [0.15, 0.2) is 48.8 Å². The van der Waals surface area contributed by atoms with E-state index in [9.17, 15) is 9.59 Å². The third-order valence-electron chi connectivity index (χ3n) is 6.25. The molecule has 4 rings (SSSR count). The third-order valence-corrected chi connectivity index (χ3v) is 6.25. The van der Waals surface area contributed by atoms with Crippen LogP contribution in [-0.4, -0.2) is 47.5 Å². The predicted octanol–water partition coefficient (Wildman–Crippen LogP) is 3.61. The summed E-state index contributed by atoms with van der Waals surface area (Å²) >= 11 is 0. The molecular weight excluding hydrogens is 366 g/mol. The van der Waals surface area contributed by atoms with E-state index in [1.807, 2.05) is 35.2 Å². The summed E-state index contributed by atoms with van der Waals surface area (Å²) in [5, 5.41) is 3.04. The molecule has 2 heterocycles. The number of carbonyl (C=O) groups is 2. The van der Waals surface area contributed by atoms with E-state index >= 15 is 0 Å². The quantitative estimate of drug-likeness (QED) is 0.842. The van der Waals surface area contributed by atoms with Gasteiger partial charge in [-0.05, 0) is 36.6 Å². The summed E-state index contributed by atoms with van der Waals surface area (Å²) in [5.74, 6) is -0.499. The van der Waals surface area contributed by atoms with Crippen molar-refractivity contribution in [1.82, 2.24) is 9.88 Å². The highest BCUT2D eigenvalue weighted by Gasteiger charge is 2.54. The van der Waals surface area contributed by atoms with Crippen LogP contribution in [0.3, 0.4) is 0 Å². The lowest BCUT2D eigenvalue weighted by Gasteiger charge is -2.53. The van der Waals surface area contributed by atoms with Gasteiger partial charge in [-0.25, -0.2) is 0 Å². The van der Waals surface area contributed by atoms with Crippen molar-refractivity contribution in [3.63, 3.8) is 0 Å². The number of methoxy groups -OCH3 is 1. The third kappa shape index (κ3) is 3.53. The summed E-state index contributed by atoms with van der Waals surface area (Å²) in [4.78, 5) is 33.1. The zero-order valence-electron chi connectivity index (χ0n) is 16.8. The van der Waals surface area contributed by atoms with Gasteiger partial charge >= 0.3 is 0 Å². The fraction of sp³-hybridized carbons (Fsp3) is 0.435. The van der Waals surface area contributed by atoms with E-state index < -0.39 is 11.5 Å². The van der Waals surface area contributed by atoms with Crippen molar-refractivity contribution >= 4 is 17.5 Å². The topological polar surface area (TPSA) is 71.5 Å². The van der Waals surface area contributed by atoms with Crippen molar-refractivity contribution in [3.8, 4) is 0 Å². The molecule has 1 fully saturated rings. The Morgan fingerprint density at radius 2 is 2.00 bits per heavy atom. The summed E-state index contributed by atoms with van der Waals surface area (Å²) in [6.45, 7) is 0.937. The predicted molar refractivity (Wildman–Crippen MR) is 111 cm³/mol. The fourth-order valence-corrected chi connectivity index (χ4v) is 5.00. The molecule has 1 aromatic heterocycles. The molecule has 1 aliphatic carbocycles. The Kier molecular flexibility index (Phi) is 5.62. The van der Waals surface area contributed by atoms with Gasteiger partial charge in [-0.15, -0.1) is 0 Å². The van der Waals surface area contributed by atoms with Crippen LogP contribution in [0.2, 0.25) is 0 Å². The first kappa shape index (κ1) is 19.6. The lowest BCUT2D eigenvalue weighted by Crippen LogP contribution is -2.62. The van der Waals surface area contributed by atoms with Crippen LogP contribution in [0.5, 0.6) is 0 Å². The average molecular weight is 393 g/mol. The minimum Gasteiger partial charge on any atom is -0.383 e. The van der Waals surface area contributed by atoms with Crippen LogP contribution in [0.4, 0.5) is 5.69 Å². The number of amides is 2. The number of aromatic nitrogens is 1. The number of hydrogen-bond donors (Lipinski definition) is 1. The van der Waals surface area contributed by atoms with Crippen LogP contribution < -0.4 is 5.32 Å². The summed E-state index contributed by atoms with van der Waals surface area (Å²) in [6, 6.07) is 11.2. The summed E-state index contributed by atoms with van der Waals surface area (Å²) < 4.78 is 5.30. The largest absolute Gasteiger partial charge is 0.383 e. The van der Waals surface area contributed by atoms with Gasteiger partial charge in [0, 0.05) is 25.4 Å². The summed E-state index contributed by atoms with van der Waals surface area (Å²) in [5.41, 5.74) is 1.59. The van der Waals surface area contributed by atoms with Gasteiger partial charge in [0.25, 0.3) is 5.91 Å². The second-order valence-corrected chi connectivity index (χ2v) is 7.87. The maximum absolute atomic E-state index is 13.6. The standard InChI is InChI=1S/C23H27N3O3/c1-29-15-14-26-22(28)19-10-4-3-9-18(19)20(23(26)11-5-2-6-12-23)21(27)25-17-8-7-13-24-16-17/h3-4,7-10,13,16,20H,2,5-6,11-12,14-15H2,1H3,(H,25,27)/t20-/m0/s1. The number of fused-ring (bicyclic) bond motifs is 1. The molecule has 2 aromatic rings. The number of nitrogens with one attached hydrogen (secondary N) is 1. The van der Waals surface area contributed by atoms with Gasteiger partial charge in [0.05, 0.1) is 29.9 Å². The van der Waals surface area contributed by atoms with Gasteiger partial charge < -0.3 is 15.0 Å². The molecule has 0 unspecified atom stereocenters. The van der Waals surface area contributed by atoms with E-state index in [4.69, 9.17) is 4.74 Å². The monoisotopic (exact) mass is 393 g/mol. The Balaban J connectivity index is 1.80. The maximum atomic E-state index is 13.6. The highest BCUT2D eigenvalue weighted by atomic mass is 16.5. The fourth-order valence-electron chi connectivity index (χ4n) is 5.00. The molecule has 1 spiro atoms. The van der Waals surface area contributed by atoms with Gasteiger partial charge in [0.15, 0.2) is 0 Å². The van der Waals surface area contributed by atoms with E-state index in [0.29, 0.717) is 24.4 Å². The number of ether oxygens (including phenoxy) is 1. The molecule has 152 valence electrons. The highest BCUT2D eigenvalue weighted by Crippen LogP contribution is 2.49. The average Bonchev–Trinajstić information content (AvgIpc) is 2.75. The van der Waals surface area contributed by atoms with E-state index in [0.717, 1.165) is 37.7 Å². The number of pyridine rings is 1. The molecular formula is C23H27N3O3. The summed E-state index contributed by atoms with van der Waals surface area (Å²) in [6.07, 6.45) is 8.12. The van der Waals surface area contributed by atoms with Crippen LogP contribution in [-0.2, 0) is 9.53 Å². The van der Waals surface area contributed by atoms with Crippen LogP contribution in [0, 0.1) is 0 Å². The van der Waals surface area contributed by atoms with Crippen LogP contribution >= 0.6 is 0 Å². The van der Waals surface area contributed by atoms with E-state index in [2.05, 4.69) is 10.3 Å². The van der Waals surface area contributed by atoms with Crippen molar-refractivity contribution in [2.24, 2.45) is 0 Å². The van der Waals surface area contributed by atoms with Crippen LogP contribution in [0.1, 0.15) is 53.9 Å². The van der Waals surface area contributed by atoms with Crippen LogP contribution in [0.25, 0.3) is 0 Å². The molecule has 29 heavy (non-hydrogen) atoms. The molecule has 0 bridgehead atoms. The Hall–Kier alpha value is -2.73. The number of anilines is 1. The van der Waals surface area contributed by atoms with Crippen molar-refractivity contribution in [3.05, 3.63) is 59.9 Å². The number of nitrogens with zero attached hydrogens (tertiary/aromatic N) is 2. The molecule has 1 aliphatic heterocycles. The Bertz CT molecular complexity index is 878. The van der Waals surface area contributed by atoms with Crippen molar-refractivity contribution in [2.45, 2.75) is 43.6 Å². The molecule has 1 saturated carbocycles. The zero-order valence-corrected chi connectivity index (χ0v) is 16.8. The van der Waals surface area contributed by atoms with Gasteiger partial charge in [-0.3, -0.25) is 14.6 Å². The van der Waals surface area contributed by atoms with E-state index in [1.165, 1.54) is 0 Å². The molecule has 6 nitrogen and oxygen atoms in total. The van der Waals surface area contributed by atoms with Crippen molar-refractivity contribution < 1.29 is 14.3 Å². The van der Waals surface area contributed by atoms with Gasteiger partial charge in [0.1, 0.15) is 0 Å². The molecule has 2 aliphatic rings. The first-order valence-corrected chi connectivity index (χ1v) is 10.3. The normalized spacial score (nSPS) is 20.4. The molecule has 6 heteroatoms. The molecule has 1 atom stereocenters. The SMILES string of the molecule is COCCN1C(=O)c2ccccc2[C@@H](C(=O)Nc2cccnc2)C12CCCCC2. The van der Waals surface area contributed by atoms with E-state index in [-0.39, 0.29) is 11.8 Å². The summed E-state index contributed by atoms with van der Waals surface area (Å²) in [7, 11) is 1.64. The Morgan fingerprint density at radius 3 is 2.72 bits per heavy atom. The maximum Gasteiger partial charge on any atom is 0.254 e. The van der Waals surface area contributed by atoms with Crippen molar-refractivity contribution in [1.29, 1.82) is 0 Å². The highest BCUT2D eigenvalue weighted by molar-refractivity contribution is 6.05. The molecule has 1 aromatic carbocycles. The molecule has 0 radical (unpaired) electrons. The second kappa shape index (κ2) is 8.33. The molecule has 1 N–H and O–H groups in total. The Morgan fingerprint density at radius 1 is 1.21 bits per heavy atom. The lowest BCUT2D eigenvalue weighted by molar-refractivity contribution is -0.122. The minimum atomic E-state index is -0.519. The Labute approximate surface area is 171 Å². The number of carbonyl (C=O) groups excluding carboxylic acids is 2. The first-order valence-electron chi connectivity index (χ1n) is 10.3. The van der Waals surface area contributed by atoms with E-state index in [1.54, 1.807) is 25.6 Å². The lowest BCUT2D eigenvalue weighted by atomic mass is 9.65. The minimum absolute atomic E-state index is 0.00461. The number of rotatable bonds is 5. The number of hydrogen-bond acceptors (Lipinski definition) is 4. The zero-order chi connectivity index (χ0) is 20.3. The first-order chi connectivity index (χ1) is 14.2. The smallest absolute Gasteiger partial charge is 0.254 e.